The Balaban J connectivity index is 2.35. The van der Waals surface area contributed by atoms with Crippen molar-refractivity contribution >= 4 is 10.8 Å². The molecular weight excluding hydrogens is 253 g/mol. The molecule has 0 radical (unpaired) electrons. The molecule has 0 amide bonds. The number of hydrogen-bond donors (Lipinski definition) is 1. The van der Waals surface area contributed by atoms with Gasteiger partial charge < -0.3 is 5.11 Å². The highest BCUT2D eigenvalue weighted by atomic mass is 19.4. The summed E-state index contributed by atoms with van der Waals surface area (Å²) in [6, 6.07) is 11.1. The molecule has 1 nitrogen and oxygen atoms in total. The first kappa shape index (κ1) is 13.9. The van der Waals surface area contributed by atoms with E-state index in [0.29, 0.717) is 5.56 Å². The van der Waals surface area contributed by atoms with Crippen LogP contribution in [0.25, 0.3) is 10.8 Å². The van der Waals surface area contributed by atoms with Crippen LogP contribution in [-0.4, -0.2) is 11.3 Å². The van der Waals surface area contributed by atoms with Crippen molar-refractivity contribution in [1.29, 1.82) is 0 Å². The Hall–Kier alpha value is -1.55. The summed E-state index contributed by atoms with van der Waals surface area (Å²) in [7, 11) is 0. The van der Waals surface area contributed by atoms with Crippen LogP contribution in [0.4, 0.5) is 13.2 Å². The second-order valence-corrected chi connectivity index (χ2v) is 4.69. The van der Waals surface area contributed by atoms with Gasteiger partial charge in [0.15, 0.2) is 0 Å². The van der Waals surface area contributed by atoms with Gasteiger partial charge in [0.25, 0.3) is 0 Å². The average molecular weight is 268 g/mol. The summed E-state index contributed by atoms with van der Waals surface area (Å²) in [5.41, 5.74) is 1.41. The van der Waals surface area contributed by atoms with Gasteiger partial charge in [0.2, 0.25) is 0 Å². The molecule has 0 heterocycles. The van der Waals surface area contributed by atoms with E-state index in [0.717, 1.165) is 16.3 Å². The van der Waals surface area contributed by atoms with Crippen LogP contribution in [0.3, 0.4) is 0 Å². The van der Waals surface area contributed by atoms with Crippen molar-refractivity contribution in [2.24, 2.45) is 0 Å². The zero-order valence-corrected chi connectivity index (χ0v) is 10.5. The van der Waals surface area contributed by atoms with Gasteiger partial charge in [0, 0.05) is 6.42 Å². The minimum absolute atomic E-state index is 0.307. The van der Waals surface area contributed by atoms with E-state index in [9.17, 15) is 18.3 Å². The minimum Gasteiger partial charge on any atom is -0.388 e. The van der Waals surface area contributed by atoms with Crippen LogP contribution < -0.4 is 0 Å². The summed E-state index contributed by atoms with van der Waals surface area (Å²) in [6.07, 6.45) is -6.61. The maximum atomic E-state index is 12.2. The van der Waals surface area contributed by atoms with E-state index in [4.69, 9.17) is 0 Å². The molecule has 102 valence electrons. The number of aliphatic hydroxyl groups is 1. The fourth-order valence-electron chi connectivity index (χ4n) is 2.29. The van der Waals surface area contributed by atoms with Crippen molar-refractivity contribution in [2.45, 2.75) is 32.0 Å². The van der Waals surface area contributed by atoms with Crippen LogP contribution in [0, 0.1) is 6.92 Å². The molecular formula is C15H15F3O. The lowest BCUT2D eigenvalue weighted by molar-refractivity contribution is -0.140. The highest BCUT2D eigenvalue weighted by Crippen LogP contribution is 2.33. The van der Waals surface area contributed by atoms with Gasteiger partial charge in [0.05, 0.1) is 6.10 Å². The predicted octanol–water partition coefficient (Wildman–Crippen LogP) is 4.52. The first-order valence-electron chi connectivity index (χ1n) is 6.11. The molecule has 0 fully saturated rings. The number of aryl methyl sites for hydroxylation is 1. The number of fused-ring (bicyclic) bond motifs is 1. The zero-order chi connectivity index (χ0) is 14.0. The Morgan fingerprint density at radius 2 is 1.79 bits per heavy atom. The summed E-state index contributed by atoms with van der Waals surface area (Å²) in [6.45, 7) is 1.80. The van der Waals surface area contributed by atoms with Crippen LogP contribution in [0.2, 0.25) is 0 Å². The van der Waals surface area contributed by atoms with Gasteiger partial charge in [0.1, 0.15) is 0 Å². The summed E-state index contributed by atoms with van der Waals surface area (Å²) in [5, 5.41) is 11.8. The average Bonchev–Trinajstić information content (AvgIpc) is 2.35. The monoisotopic (exact) mass is 268 g/mol. The van der Waals surface area contributed by atoms with Crippen molar-refractivity contribution in [3.63, 3.8) is 0 Å². The Morgan fingerprint density at radius 1 is 1.11 bits per heavy atom. The quantitative estimate of drug-likeness (QED) is 0.867. The Bertz CT molecular complexity index is 575. The van der Waals surface area contributed by atoms with Crippen molar-refractivity contribution in [3.05, 3.63) is 47.5 Å². The zero-order valence-electron chi connectivity index (χ0n) is 10.5. The van der Waals surface area contributed by atoms with Gasteiger partial charge >= 0.3 is 6.18 Å². The molecule has 19 heavy (non-hydrogen) atoms. The highest BCUT2D eigenvalue weighted by molar-refractivity contribution is 5.87. The van der Waals surface area contributed by atoms with Crippen LogP contribution in [0.15, 0.2) is 36.4 Å². The summed E-state index contributed by atoms with van der Waals surface area (Å²) < 4.78 is 36.7. The maximum Gasteiger partial charge on any atom is 0.389 e. The molecule has 1 unspecified atom stereocenters. The van der Waals surface area contributed by atoms with Gasteiger partial charge in [-0.2, -0.15) is 13.2 Å². The number of halogens is 3. The van der Waals surface area contributed by atoms with Gasteiger partial charge in [-0.3, -0.25) is 0 Å². The largest absolute Gasteiger partial charge is 0.389 e. The Kier molecular flexibility index (Phi) is 3.80. The molecule has 0 aliphatic rings. The Labute approximate surface area is 109 Å². The van der Waals surface area contributed by atoms with E-state index in [1.54, 1.807) is 6.92 Å². The molecule has 0 spiro atoms. The fourth-order valence-corrected chi connectivity index (χ4v) is 2.29. The molecule has 0 aromatic heterocycles. The number of alkyl halides is 3. The van der Waals surface area contributed by atoms with E-state index in [2.05, 4.69) is 0 Å². The van der Waals surface area contributed by atoms with Crippen LogP contribution in [0.1, 0.15) is 30.1 Å². The van der Waals surface area contributed by atoms with Crippen molar-refractivity contribution in [1.82, 2.24) is 0 Å². The molecule has 0 aliphatic heterocycles. The van der Waals surface area contributed by atoms with Crippen LogP contribution in [-0.2, 0) is 0 Å². The molecule has 1 atom stereocenters. The molecule has 4 heteroatoms. The third kappa shape index (κ3) is 3.26. The van der Waals surface area contributed by atoms with Gasteiger partial charge in [-0.05, 0) is 35.2 Å². The smallest absolute Gasteiger partial charge is 0.388 e. The van der Waals surface area contributed by atoms with Gasteiger partial charge in [-0.15, -0.1) is 0 Å². The molecule has 0 bridgehead atoms. The molecule has 2 aromatic rings. The molecule has 0 aliphatic carbocycles. The fraction of sp³-hybridized carbons (Fsp3) is 0.333. The van der Waals surface area contributed by atoms with E-state index < -0.39 is 18.7 Å². The second kappa shape index (κ2) is 5.21. The summed E-state index contributed by atoms with van der Waals surface area (Å²) in [4.78, 5) is 0. The molecule has 0 saturated carbocycles. The van der Waals surface area contributed by atoms with Crippen molar-refractivity contribution in [2.75, 3.05) is 0 Å². The van der Waals surface area contributed by atoms with Gasteiger partial charge in [-0.25, -0.2) is 0 Å². The molecule has 2 rings (SSSR count). The second-order valence-electron chi connectivity index (χ2n) is 4.69. The SMILES string of the molecule is Cc1ccc2ccccc2c1C(O)CCC(F)(F)F. The standard InChI is InChI=1S/C15H15F3O/c1-10-6-7-11-4-2-3-5-12(11)14(10)13(19)8-9-15(16,17)18/h2-7,13,19H,8-9H2,1H3. The molecule has 2 aromatic carbocycles. The summed E-state index contributed by atoms with van der Waals surface area (Å²) in [5.74, 6) is 0. The number of hydrogen-bond acceptors (Lipinski definition) is 1. The van der Waals surface area contributed by atoms with E-state index in [-0.39, 0.29) is 6.42 Å². The maximum absolute atomic E-state index is 12.2. The van der Waals surface area contributed by atoms with E-state index in [1.807, 2.05) is 36.4 Å². The van der Waals surface area contributed by atoms with Crippen molar-refractivity contribution < 1.29 is 18.3 Å². The number of rotatable bonds is 3. The van der Waals surface area contributed by atoms with Crippen LogP contribution in [0.5, 0.6) is 0 Å². The van der Waals surface area contributed by atoms with E-state index >= 15 is 0 Å². The highest BCUT2D eigenvalue weighted by Gasteiger charge is 2.28. The van der Waals surface area contributed by atoms with Crippen LogP contribution >= 0.6 is 0 Å². The first-order valence-corrected chi connectivity index (χ1v) is 6.11. The third-order valence-electron chi connectivity index (χ3n) is 3.22. The van der Waals surface area contributed by atoms with Crippen molar-refractivity contribution in [3.8, 4) is 0 Å². The normalized spacial score (nSPS) is 13.7. The first-order chi connectivity index (χ1) is 8.88. The lowest BCUT2D eigenvalue weighted by Crippen LogP contribution is -2.11. The predicted molar refractivity (Wildman–Crippen MR) is 68.9 cm³/mol. The van der Waals surface area contributed by atoms with Gasteiger partial charge in [-0.1, -0.05) is 36.4 Å². The molecule has 0 saturated heterocycles. The molecule has 1 N–H and O–H groups in total. The number of aliphatic hydroxyl groups excluding tert-OH is 1. The van der Waals surface area contributed by atoms with E-state index in [1.165, 1.54) is 0 Å². The topological polar surface area (TPSA) is 20.2 Å². The lowest BCUT2D eigenvalue weighted by atomic mass is 9.93. The summed E-state index contributed by atoms with van der Waals surface area (Å²) >= 11 is 0. The minimum atomic E-state index is -4.24. The number of benzene rings is 2. The third-order valence-corrected chi connectivity index (χ3v) is 3.22. The lowest BCUT2D eigenvalue weighted by Gasteiger charge is -2.17. The Morgan fingerprint density at radius 3 is 2.47 bits per heavy atom.